The summed E-state index contributed by atoms with van der Waals surface area (Å²) >= 11 is 0. The molecule has 0 saturated heterocycles. The number of benzene rings is 2. The fourth-order valence-corrected chi connectivity index (χ4v) is 2.58. The van der Waals surface area contributed by atoms with E-state index in [-0.39, 0.29) is 6.04 Å². The van der Waals surface area contributed by atoms with Gasteiger partial charge in [0.25, 0.3) is 0 Å². The molecule has 1 unspecified atom stereocenters. The van der Waals surface area contributed by atoms with E-state index in [1.807, 2.05) is 30.3 Å². The van der Waals surface area contributed by atoms with E-state index in [0.29, 0.717) is 0 Å². The zero-order chi connectivity index (χ0) is 15.8. The predicted molar refractivity (Wildman–Crippen MR) is 92.2 cm³/mol. The first-order valence-corrected chi connectivity index (χ1v) is 7.81. The third-order valence-corrected chi connectivity index (χ3v) is 3.90. The van der Waals surface area contributed by atoms with Crippen molar-refractivity contribution < 1.29 is 4.74 Å². The van der Waals surface area contributed by atoms with Crippen molar-refractivity contribution in [1.82, 2.24) is 4.90 Å². The number of nitrogens with two attached hydrogens (primary N) is 1. The highest BCUT2D eigenvalue weighted by Gasteiger charge is 2.08. The highest BCUT2D eigenvalue weighted by atomic mass is 16.5. The first-order valence-electron chi connectivity index (χ1n) is 7.81. The van der Waals surface area contributed by atoms with Gasteiger partial charge in [-0.1, -0.05) is 42.5 Å². The summed E-state index contributed by atoms with van der Waals surface area (Å²) in [5.74, 6) is 0.912. The zero-order valence-electron chi connectivity index (χ0n) is 13.5. The lowest BCUT2D eigenvalue weighted by molar-refractivity contribution is 0.308. The number of hydrogen-bond acceptors (Lipinski definition) is 3. The minimum Gasteiger partial charge on any atom is -0.497 e. The summed E-state index contributed by atoms with van der Waals surface area (Å²) in [5, 5.41) is 0. The lowest BCUT2D eigenvalue weighted by Gasteiger charge is -2.21. The van der Waals surface area contributed by atoms with Gasteiger partial charge in [-0.25, -0.2) is 0 Å². The summed E-state index contributed by atoms with van der Waals surface area (Å²) in [7, 11) is 3.83. The minimum atomic E-state index is 0.0761. The van der Waals surface area contributed by atoms with Crippen LogP contribution in [-0.2, 0) is 6.42 Å². The SMILES string of the molecule is COc1ccc(CCCN(C)CC(N)c2ccccc2)cc1. The van der Waals surface area contributed by atoms with Gasteiger partial charge in [0, 0.05) is 12.6 Å². The van der Waals surface area contributed by atoms with Gasteiger partial charge in [0.05, 0.1) is 7.11 Å². The Labute approximate surface area is 133 Å². The first kappa shape index (κ1) is 16.5. The van der Waals surface area contributed by atoms with Crippen molar-refractivity contribution in [1.29, 1.82) is 0 Å². The molecule has 1 atom stereocenters. The Bertz CT molecular complexity index is 539. The largest absolute Gasteiger partial charge is 0.497 e. The molecule has 0 amide bonds. The van der Waals surface area contributed by atoms with Gasteiger partial charge in [-0.2, -0.15) is 0 Å². The molecule has 0 spiro atoms. The van der Waals surface area contributed by atoms with Gasteiger partial charge < -0.3 is 15.4 Å². The molecule has 0 saturated carbocycles. The molecule has 22 heavy (non-hydrogen) atoms. The molecule has 118 valence electrons. The Balaban J connectivity index is 1.72. The van der Waals surface area contributed by atoms with Crippen LogP contribution in [0.25, 0.3) is 0 Å². The number of nitrogens with zero attached hydrogens (tertiary/aromatic N) is 1. The van der Waals surface area contributed by atoms with Gasteiger partial charge >= 0.3 is 0 Å². The molecule has 3 heteroatoms. The number of hydrogen-bond donors (Lipinski definition) is 1. The van der Waals surface area contributed by atoms with E-state index in [4.69, 9.17) is 10.5 Å². The summed E-state index contributed by atoms with van der Waals surface area (Å²) in [6, 6.07) is 18.7. The number of methoxy groups -OCH3 is 1. The molecule has 0 radical (unpaired) electrons. The quantitative estimate of drug-likeness (QED) is 0.813. The van der Waals surface area contributed by atoms with Crippen LogP contribution in [0.2, 0.25) is 0 Å². The number of likely N-dealkylation sites (N-methyl/N-ethyl adjacent to an activating group) is 1. The average molecular weight is 298 g/mol. The van der Waals surface area contributed by atoms with Gasteiger partial charge in [0.15, 0.2) is 0 Å². The van der Waals surface area contributed by atoms with Crippen molar-refractivity contribution in [2.75, 3.05) is 27.2 Å². The van der Waals surface area contributed by atoms with Crippen LogP contribution in [0.1, 0.15) is 23.6 Å². The standard InChI is InChI=1S/C19H26N2O/c1-21(15-19(20)17-8-4-3-5-9-17)14-6-7-16-10-12-18(22-2)13-11-16/h3-5,8-13,19H,6-7,14-15,20H2,1-2H3. The van der Waals surface area contributed by atoms with Crippen LogP contribution in [0.15, 0.2) is 54.6 Å². The van der Waals surface area contributed by atoms with Crippen molar-refractivity contribution in [3.8, 4) is 5.75 Å². The minimum absolute atomic E-state index is 0.0761. The van der Waals surface area contributed by atoms with E-state index in [1.54, 1.807) is 7.11 Å². The molecule has 0 aliphatic rings. The van der Waals surface area contributed by atoms with Gasteiger partial charge in [-0.05, 0) is 49.7 Å². The van der Waals surface area contributed by atoms with Crippen LogP contribution in [0, 0.1) is 0 Å². The third-order valence-electron chi connectivity index (χ3n) is 3.90. The van der Waals surface area contributed by atoms with Crippen LogP contribution in [0.3, 0.4) is 0 Å². The lowest BCUT2D eigenvalue weighted by Crippen LogP contribution is -2.30. The maximum Gasteiger partial charge on any atom is 0.118 e. The van der Waals surface area contributed by atoms with E-state index in [0.717, 1.165) is 31.7 Å². The van der Waals surface area contributed by atoms with Crippen molar-refractivity contribution in [3.63, 3.8) is 0 Å². The Kier molecular flexibility index (Phi) is 6.44. The summed E-state index contributed by atoms with van der Waals surface area (Å²) < 4.78 is 5.18. The van der Waals surface area contributed by atoms with E-state index in [2.05, 4.69) is 36.2 Å². The topological polar surface area (TPSA) is 38.5 Å². The van der Waals surface area contributed by atoms with Gasteiger partial charge in [-0.15, -0.1) is 0 Å². The summed E-state index contributed by atoms with van der Waals surface area (Å²) in [6.07, 6.45) is 2.21. The van der Waals surface area contributed by atoms with Crippen LogP contribution in [0.4, 0.5) is 0 Å². The average Bonchev–Trinajstić information content (AvgIpc) is 2.56. The molecule has 2 aromatic rings. The monoisotopic (exact) mass is 298 g/mol. The molecule has 0 heterocycles. The number of ether oxygens (including phenoxy) is 1. The molecule has 2 N–H and O–H groups in total. The predicted octanol–water partition coefficient (Wildman–Crippen LogP) is 3.26. The molecule has 0 aliphatic heterocycles. The Hall–Kier alpha value is -1.84. The zero-order valence-corrected chi connectivity index (χ0v) is 13.5. The van der Waals surface area contributed by atoms with Crippen LogP contribution >= 0.6 is 0 Å². The second kappa shape index (κ2) is 8.57. The normalized spacial score (nSPS) is 12.4. The van der Waals surface area contributed by atoms with Gasteiger partial charge in [-0.3, -0.25) is 0 Å². The van der Waals surface area contributed by atoms with Gasteiger partial charge in [0.2, 0.25) is 0 Å². The molecule has 0 aromatic heterocycles. The summed E-state index contributed by atoms with van der Waals surface area (Å²) in [6.45, 7) is 1.93. The van der Waals surface area contributed by atoms with Crippen LogP contribution in [0.5, 0.6) is 5.75 Å². The number of aryl methyl sites for hydroxylation is 1. The molecule has 0 bridgehead atoms. The fraction of sp³-hybridized carbons (Fsp3) is 0.368. The van der Waals surface area contributed by atoms with Crippen LogP contribution in [-0.4, -0.2) is 32.1 Å². The van der Waals surface area contributed by atoms with Crippen LogP contribution < -0.4 is 10.5 Å². The molecular formula is C19H26N2O. The highest BCUT2D eigenvalue weighted by molar-refractivity contribution is 5.27. The molecule has 0 fully saturated rings. The Morgan fingerprint density at radius 2 is 1.73 bits per heavy atom. The Morgan fingerprint density at radius 1 is 1.05 bits per heavy atom. The van der Waals surface area contributed by atoms with Crippen molar-refractivity contribution in [2.45, 2.75) is 18.9 Å². The number of rotatable bonds is 8. The van der Waals surface area contributed by atoms with Gasteiger partial charge in [0.1, 0.15) is 5.75 Å². The second-order valence-corrected chi connectivity index (χ2v) is 5.73. The molecule has 3 nitrogen and oxygen atoms in total. The van der Waals surface area contributed by atoms with E-state index >= 15 is 0 Å². The van der Waals surface area contributed by atoms with E-state index < -0.39 is 0 Å². The molecule has 0 aliphatic carbocycles. The maximum atomic E-state index is 6.26. The van der Waals surface area contributed by atoms with E-state index in [1.165, 1.54) is 11.1 Å². The third kappa shape index (κ3) is 5.17. The van der Waals surface area contributed by atoms with Crippen molar-refractivity contribution in [2.24, 2.45) is 5.73 Å². The smallest absolute Gasteiger partial charge is 0.118 e. The summed E-state index contributed by atoms with van der Waals surface area (Å²) in [5.41, 5.74) is 8.80. The molecular weight excluding hydrogens is 272 g/mol. The lowest BCUT2D eigenvalue weighted by atomic mass is 10.1. The molecule has 2 aromatic carbocycles. The first-order chi connectivity index (χ1) is 10.7. The summed E-state index contributed by atoms with van der Waals surface area (Å²) in [4.78, 5) is 2.31. The highest BCUT2D eigenvalue weighted by Crippen LogP contribution is 2.13. The Morgan fingerprint density at radius 3 is 2.36 bits per heavy atom. The van der Waals surface area contributed by atoms with Crippen molar-refractivity contribution >= 4 is 0 Å². The van der Waals surface area contributed by atoms with E-state index in [9.17, 15) is 0 Å². The second-order valence-electron chi connectivity index (χ2n) is 5.73. The van der Waals surface area contributed by atoms with Crippen molar-refractivity contribution in [3.05, 3.63) is 65.7 Å². The fourth-order valence-electron chi connectivity index (χ4n) is 2.58. The maximum absolute atomic E-state index is 6.26. The molecule has 2 rings (SSSR count).